The van der Waals surface area contributed by atoms with Crippen LogP contribution in [0, 0.1) is 10.1 Å². The average molecular weight is 306 g/mol. The van der Waals surface area contributed by atoms with Gasteiger partial charge in [0.25, 0.3) is 17.5 Å². The summed E-state index contributed by atoms with van der Waals surface area (Å²) in [6.07, 6.45) is 0. The number of benzene rings is 1. The summed E-state index contributed by atoms with van der Waals surface area (Å²) < 4.78 is 0. The first-order valence-corrected chi connectivity index (χ1v) is 5.93. The van der Waals surface area contributed by atoms with Crippen molar-refractivity contribution in [3.8, 4) is 0 Å². The van der Waals surface area contributed by atoms with Gasteiger partial charge in [0.05, 0.1) is 23.0 Å². The van der Waals surface area contributed by atoms with Crippen LogP contribution >= 0.6 is 0 Å². The number of amides is 3. The monoisotopic (exact) mass is 306 g/mol. The normalized spacial score (nSPS) is 13.0. The Morgan fingerprint density at radius 1 is 1.23 bits per heavy atom. The second-order valence-electron chi connectivity index (χ2n) is 4.30. The number of nitro benzene ring substituents is 1. The molecule has 3 amide bonds. The third-order valence-electron chi connectivity index (χ3n) is 2.91. The van der Waals surface area contributed by atoms with E-state index in [4.69, 9.17) is 0 Å². The lowest BCUT2D eigenvalue weighted by atomic mass is 10.1. The quantitative estimate of drug-likeness (QED) is 0.377. The highest BCUT2D eigenvalue weighted by atomic mass is 16.6. The average Bonchev–Trinajstić information content (AvgIpc) is 2.70. The number of carbonyl (C=O) groups excluding carboxylic acids is 4. The van der Waals surface area contributed by atoms with Crippen LogP contribution in [0.5, 0.6) is 0 Å². The second-order valence-corrected chi connectivity index (χ2v) is 4.30. The van der Waals surface area contributed by atoms with E-state index in [0.717, 1.165) is 6.07 Å². The fourth-order valence-electron chi connectivity index (χ4n) is 1.98. The highest BCUT2D eigenvalue weighted by Gasteiger charge is 2.41. The Hall–Kier alpha value is -3.30. The number of carboxylic acids is 1. The number of hydrogen-bond acceptors (Lipinski definition) is 7. The van der Waals surface area contributed by atoms with Gasteiger partial charge in [-0.25, -0.2) is 0 Å². The number of rotatable bonds is 5. The van der Waals surface area contributed by atoms with Gasteiger partial charge in [-0.1, -0.05) is 6.07 Å². The van der Waals surface area contributed by atoms with Crippen LogP contribution in [-0.4, -0.2) is 46.6 Å². The Balaban J connectivity index is 2.24. The number of carboxylic acid groups (broad SMARTS) is 1. The van der Waals surface area contributed by atoms with Crippen LogP contribution in [0.3, 0.4) is 0 Å². The molecule has 1 N–H and O–H groups in total. The molecule has 1 aliphatic heterocycles. The Bertz CT molecular complexity index is 713. The largest absolute Gasteiger partial charge is 0.548 e. The molecule has 0 aromatic heterocycles. The van der Waals surface area contributed by atoms with Crippen LogP contribution in [0.15, 0.2) is 18.2 Å². The van der Waals surface area contributed by atoms with Gasteiger partial charge in [0.1, 0.15) is 12.1 Å². The van der Waals surface area contributed by atoms with Crippen molar-refractivity contribution >= 4 is 29.4 Å². The predicted molar refractivity (Wildman–Crippen MR) is 66.5 cm³/mol. The SMILES string of the molecule is O=C([O-])CNC(=O)CN1C(=O)c2cccc([N+](=O)[O-])c2C1=O. The van der Waals surface area contributed by atoms with E-state index in [2.05, 4.69) is 0 Å². The van der Waals surface area contributed by atoms with E-state index in [1.54, 1.807) is 0 Å². The van der Waals surface area contributed by atoms with Crippen molar-refractivity contribution in [2.75, 3.05) is 13.1 Å². The molecule has 2 rings (SSSR count). The molecule has 0 atom stereocenters. The third-order valence-corrected chi connectivity index (χ3v) is 2.91. The lowest BCUT2D eigenvalue weighted by Crippen LogP contribution is -2.44. The molecule has 0 bridgehead atoms. The summed E-state index contributed by atoms with van der Waals surface area (Å²) in [5.41, 5.74) is -1.09. The number of imide groups is 1. The maximum Gasteiger partial charge on any atom is 0.282 e. The Morgan fingerprint density at radius 3 is 2.50 bits per heavy atom. The highest BCUT2D eigenvalue weighted by Crippen LogP contribution is 2.30. The molecule has 0 radical (unpaired) electrons. The third kappa shape index (κ3) is 2.61. The molecule has 1 aromatic carbocycles. The summed E-state index contributed by atoms with van der Waals surface area (Å²) >= 11 is 0. The van der Waals surface area contributed by atoms with Gasteiger partial charge in [-0.2, -0.15) is 0 Å². The fraction of sp³-hybridized carbons (Fsp3) is 0.167. The van der Waals surface area contributed by atoms with Crippen molar-refractivity contribution in [2.45, 2.75) is 0 Å². The lowest BCUT2D eigenvalue weighted by Gasteiger charge is -2.13. The number of nitro groups is 1. The summed E-state index contributed by atoms with van der Waals surface area (Å²) in [6, 6.07) is 3.56. The van der Waals surface area contributed by atoms with Gasteiger partial charge in [-0.15, -0.1) is 0 Å². The molecular weight excluding hydrogens is 298 g/mol. The van der Waals surface area contributed by atoms with Crippen LogP contribution in [0.25, 0.3) is 0 Å². The number of carbonyl (C=O) groups is 4. The minimum atomic E-state index is -1.54. The number of hydrogen-bond donors (Lipinski definition) is 1. The summed E-state index contributed by atoms with van der Waals surface area (Å²) in [7, 11) is 0. The zero-order valence-corrected chi connectivity index (χ0v) is 10.9. The second kappa shape index (κ2) is 5.60. The Morgan fingerprint density at radius 2 is 1.91 bits per heavy atom. The molecule has 0 aliphatic carbocycles. The standard InChI is InChI=1S/C12H9N3O7/c16-8(13-4-9(17)18)5-14-11(19)6-2-1-3-7(15(21)22)10(6)12(14)20/h1-3H,4-5H2,(H,13,16)(H,17,18)/p-1. The molecule has 1 heterocycles. The molecule has 10 nitrogen and oxygen atoms in total. The van der Waals surface area contributed by atoms with E-state index in [-0.39, 0.29) is 11.1 Å². The summed E-state index contributed by atoms with van der Waals surface area (Å²) in [6.45, 7) is -1.51. The van der Waals surface area contributed by atoms with E-state index in [0.29, 0.717) is 4.90 Å². The van der Waals surface area contributed by atoms with E-state index < -0.39 is 47.4 Å². The molecule has 10 heteroatoms. The number of fused-ring (bicyclic) bond motifs is 1. The Kier molecular flexibility index (Phi) is 3.84. The predicted octanol–water partition coefficient (Wildman–Crippen LogP) is -1.94. The van der Waals surface area contributed by atoms with Crippen molar-refractivity contribution in [1.82, 2.24) is 10.2 Å². The van der Waals surface area contributed by atoms with Gasteiger partial charge in [-0.05, 0) is 6.07 Å². The topological polar surface area (TPSA) is 150 Å². The zero-order chi connectivity index (χ0) is 16.4. The van der Waals surface area contributed by atoms with E-state index in [1.807, 2.05) is 5.32 Å². The summed E-state index contributed by atoms with van der Waals surface area (Å²) in [4.78, 5) is 56.4. The molecule has 0 unspecified atom stereocenters. The molecule has 1 aliphatic rings. The first kappa shape index (κ1) is 15.1. The first-order valence-electron chi connectivity index (χ1n) is 5.93. The van der Waals surface area contributed by atoms with Crippen molar-refractivity contribution in [3.63, 3.8) is 0 Å². The lowest BCUT2D eigenvalue weighted by molar-refractivity contribution is -0.385. The molecule has 0 spiro atoms. The maximum atomic E-state index is 12.1. The molecule has 114 valence electrons. The molecule has 0 fully saturated rings. The number of aliphatic carboxylic acids is 1. The van der Waals surface area contributed by atoms with Gasteiger partial charge in [0, 0.05) is 6.07 Å². The van der Waals surface area contributed by atoms with Gasteiger partial charge in [-0.3, -0.25) is 29.4 Å². The molecule has 0 saturated carbocycles. The van der Waals surface area contributed by atoms with Crippen LogP contribution in [0.1, 0.15) is 20.7 Å². The van der Waals surface area contributed by atoms with Gasteiger partial charge in [0.2, 0.25) is 5.91 Å². The summed E-state index contributed by atoms with van der Waals surface area (Å²) in [5.74, 6) is -4.27. The number of nitrogens with zero attached hydrogens (tertiary/aromatic N) is 2. The van der Waals surface area contributed by atoms with Crippen molar-refractivity contribution < 1.29 is 29.2 Å². The Labute approximate surface area is 122 Å². The van der Waals surface area contributed by atoms with Crippen LogP contribution in [0.4, 0.5) is 5.69 Å². The van der Waals surface area contributed by atoms with Crippen LogP contribution in [-0.2, 0) is 9.59 Å². The summed E-state index contributed by atoms with van der Waals surface area (Å²) in [5, 5.41) is 23.0. The highest BCUT2D eigenvalue weighted by molar-refractivity contribution is 6.24. The van der Waals surface area contributed by atoms with E-state index in [9.17, 15) is 34.4 Å². The molecule has 22 heavy (non-hydrogen) atoms. The minimum absolute atomic E-state index is 0.174. The van der Waals surface area contributed by atoms with Crippen molar-refractivity contribution in [3.05, 3.63) is 39.4 Å². The number of nitrogens with one attached hydrogen (secondary N) is 1. The van der Waals surface area contributed by atoms with Crippen molar-refractivity contribution in [1.29, 1.82) is 0 Å². The zero-order valence-electron chi connectivity index (χ0n) is 10.9. The van der Waals surface area contributed by atoms with Crippen molar-refractivity contribution in [2.24, 2.45) is 0 Å². The van der Waals surface area contributed by atoms with Crippen LogP contribution in [0.2, 0.25) is 0 Å². The van der Waals surface area contributed by atoms with Gasteiger partial charge < -0.3 is 15.2 Å². The van der Waals surface area contributed by atoms with E-state index in [1.165, 1.54) is 12.1 Å². The van der Waals surface area contributed by atoms with Crippen LogP contribution < -0.4 is 10.4 Å². The van der Waals surface area contributed by atoms with Gasteiger partial charge >= 0.3 is 0 Å². The van der Waals surface area contributed by atoms with Gasteiger partial charge in [0.15, 0.2) is 0 Å². The molecule has 1 aromatic rings. The molecule has 0 saturated heterocycles. The molecular formula is C12H8N3O7-. The fourth-order valence-corrected chi connectivity index (χ4v) is 1.98. The van der Waals surface area contributed by atoms with E-state index >= 15 is 0 Å². The first-order chi connectivity index (χ1) is 10.3. The smallest absolute Gasteiger partial charge is 0.282 e. The maximum absolute atomic E-state index is 12.1. The minimum Gasteiger partial charge on any atom is -0.548 e.